The third-order valence-electron chi connectivity index (χ3n) is 14.8. The summed E-state index contributed by atoms with van der Waals surface area (Å²) >= 11 is 0. The fraction of sp³-hybridized carbons (Fsp3) is 0.614. The minimum atomic E-state index is 0.582. The Morgan fingerprint density at radius 1 is 0.508 bits per heavy atom. The first-order chi connectivity index (χ1) is 28.9. The molecule has 3 aromatic carbocycles. The summed E-state index contributed by atoms with van der Waals surface area (Å²) in [7, 11) is 0. The predicted octanol–water partition coefficient (Wildman–Crippen LogP) is 16.8. The van der Waals surface area contributed by atoms with Gasteiger partial charge in [0, 0.05) is 6.61 Å². The van der Waals surface area contributed by atoms with E-state index in [0.29, 0.717) is 6.10 Å². The molecule has 2 nitrogen and oxygen atoms in total. The van der Waals surface area contributed by atoms with E-state index < -0.39 is 0 Å². The van der Waals surface area contributed by atoms with Crippen molar-refractivity contribution in [2.75, 3.05) is 13.2 Å². The van der Waals surface area contributed by atoms with E-state index in [9.17, 15) is 0 Å². The molecule has 0 spiro atoms. The normalized spacial score (nSPS) is 27.7. The highest BCUT2D eigenvalue weighted by atomic mass is 16.5. The van der Waals surface area contributed by atoms with Gasteiger partial charge in [-0.05, 0) is 166 Å². The number of ether oxygens (including phenoxy) is 2. The zero-order chi connectivity index (χ0) is 41.1. The molecule has 7 rings (SSSR count). The van der Waals surface area contributed by atoms with E-state index in [2.05, 4.69) is 125 Å². The molecule has 322 valence electrons. The van der Waals surface area contributed by atoms with Gasteiger partial charge in [0.15, 0.2) is 0 Å². The van der Waals surface area contributed by atoms with Crippen molar-refractivity contribution in [1.29, 1.82) is 0 Å². The molecule has 0 heterocycles. The zero-order valence-electron chi connectivity index (χ0n) is 37.9. The first kappa shape index (κ1) is 45.4. The van der Waals surface area contributed by atoms with Crippen LogP contribution in [0.2, 0.25) is 0 Å². The topological polar surface area (TPSA) is 18.5 Å². The maximum absolute atomic E-state index is 6.40. The molecule has 4 aliphatic carbocycles. The molecule has 4 saturated carbocycles. The van der Waals surface area contributed by atoms with E-state index in [1.807, 2.05) is 0 Å². The van der Waals surface area contributed by atoms with E-state index in [4.69, 9.17) is 9.47 Å². The molecule has 0 unspecified atom stereocenters. The summed E-state index contributed by atoms with van der Waals surface area (Å²) < 4.78 is 12.2. The van der Waals surface area contributed by atoms with Gasteiger partial charge in [-0.1, -0.05) is 163 Å². The number of hydrogen-bond acceptors (Lipinski definition) is 2. The Hall–Kier alpha value is -3.10. The maximum Gasteiger partial charge on any atom is 0.119 e. The Morgan fingerprint density at radius 2 is 0.983 bits per heavy atom. The van der Waals surface area contributed by atoms with Crippen LogP contribution in [0.15, 0.2) is 84.9 Å². The van der Waals surface area contributed by atoms with Crippen molar-refractivity contribution < 1.29 is 9.47 Å². The summed E-state index contributed by atoms with van der Waals surface area (Å²) in [6.45, 7) is 11.1. The largest absolute Gasteiger partial charge is 0.494 e. The van der Waals surface area contributed by atoms with E-state index in [-0.39, 0.29) is 0 Å². The van der Waals surface area contributed by atoms with Crippen LogP contribution in [-0.2, 0) is 4.74 Å². The Bertz CT molecular complexity index is 1600. The number of allylic oxidation sites excluding steroid dienone is 2. The smallest absolute Gasteiger partial charge is 0.119 e. The van der Waals surface area contributed by atoms with Crippen molar-refractivity contribution in [3.8, 4) is 16.9 Å². The Morgan fingerprint density at radius 3 is 1.54 bits per heavy atom. The van der Waals surface area contributed by atoms with Crippen LogP contribution >= 0.6 is 0 Å². The number of unbranched alkanes of at least 4 members (excludes halogenated alkanes) is 4. The lowest BCUT2D eigenvalue weighted by Crippen LogP contribution is -2.29. The van der Waals surface area contributed by atoms with Crippen molar-refractivity contribution in [2.24, 2.45) is 41.4 Å². The summed E-state index contributed by atoms with van der Waals surface area (Å²) in [5.41, 5.74) is 6.18. The van der Waals surface area contributed by atoms with Crippen molar-refractivity contribution in [3.05, 3.63) is 102 Å². The van der Waals surface area contributed by atoms with E-state index in [1.54, 1.807) is 0 Å². The quantitative estimate of drug-likeness (QED) is 0.0816. The minimum absolute atomic E-state index is 0.582. The monoisotopic (exact) mass is 799 g/mol. The highest BCUT2D eigenvalue weighted by molar-refractivity contribution is 5.72. The standard InChI is InChI=1S/C29H50O.C28H32O/c1-22-3-7-24(8-4-22)11-12-25-13-15-27(16-14-25)28-17-19-29(20-18-28)30-21-26-9-5-23(2)6-10-26;1-3-4-5-6-7-22-29-28-20-14-25(15-21-28)11-10-24-12-18-27(19-13-24)26-16-8-23(2)9-17-26/h11-12,22-29H,3-10,13-21H2,1-2H3;8-21H,3-7,22H2,1-2H3. The van der Waals surface area contributed by atoms with Gasteiger partial charge >= 0.3 is 0 Å². The van der Waals surface area contributed by atoms with Gasteiger partial charge in [-0.2, -0.15) is 0 Å². The first-order valence-electron chi connectivity index (χ1n) is 24.8. The number of benzene rings is 3. The molecule has 0 radical (unpaired) electrons. The van der Waals surface area contributed by atoms with Gasteiger partial charge < -0.3 is 9.47 Å². The molecule has 3 aromatic rings. The third-order valence-corrected chi connectivity index (χ3v) is 14.8. The van der Waals surface area contributed by atoms with Crippen molar-refractivity contribution in [2.45, 2.75) is 169 Å². The molecule has 2 heteroatoms. The molecule has 0 aromatic heterocycles. The van der Waals surface area contributed by atoms with Gasteiger partial charge in [0.05, 0.1) is 12.7 Å². The second kappa shape index (κ2) is 25.0. The van der Waals surface area contributed by atoms with E-state index in [1.165, 1.54) is 156 Å². The Kier molecular flexibility index (Phi) is 19.2. The maximum atomic E-state index is 6.40. The molecule has 0 atom stereocenters. The van der Waals surface area contributed by atoms with Gasteiger partial charge in [0.25, 0.3) is 0 Å². The van der Waals surface area contributed by atoms with Gasteiger partial charge in [-0.3, -0.25) is 0 Å². The van der Waals surface area contributed by atoms with E-state index in [0.717, 1.165) is 66.8 Å². The second-order valence-electron chi connectivity index (χ2n) is 19.7. The average molecular weight is 799 g/mol. The molecular weight excluding hydrogens is 717 g/mol. The molecule has 0 N–H and O–H groups in total. The van der Waals surface area contributed by atoms with Crippen molar-refractivity contribution in [1.82, 2.24) is 0 Å². The molecule has 0 aliphatic heterocycles. The lowest BCUT2D eigenvalue weighted by atomic mass is 9.70. The Balaban J connectivity index is 0.000000199. The minimum Gasteiger partial charge on any atom is -0.494 e. The van der Waals surface area contributed by atoms with Gasteiger partial charge in [0.2, 0.25) is 0 Å². The third kappa shape index (κ3) is 16.0. The summed E-state index contributed by atoms with van der Waals surface area (Å²) in [5.74, 6) is 7.56. The molecule has 0 amide bonds. The molecule has 0 bridgehead atoms. The predicted molar refractivity (Wildman–Crippen MR) is 255 cm³/mol. The first-order valence-corrected chi connectivity index (χ1v) is 24.8. The van der Waals surface area contributed by atoms with Crippen LogP contribution in [0.5, 0.6) is 5.75 Å². The number of hydrogen-bond donors (Lipinski definition) is 0. The van der Waals surface area contributed by atoms with Crippen LogP contribution in [0.1, 0.15) is 172 Å². The zero-order valence-corrected chi connectivity index (χ0v) is 37.9. The van der Waals surface area contributed by atoms with Crippen LogP contribution in [0.4, 0.5) is 0 Å². The number of rotatable bonds is 16. The molecule has 4 fully saturated rings. The number of aryl methyl sites for hydroxylation is 1. The molecule has 59 heavy (non-hydrogen) atoms. The van der Waals surface area contributed by atoms with Crippen LogP contribution < -0.4 is 4.74 Å². The summed E-state index contributed by atoms with van der Waals surface area (Å²) in [4.78, 5) is 0. The van der Waals surface area contributed by atoms with Gasteiger partial charge in [0.1, 0.15) is 5.75 Å². The van der Waals surface area contributed by atoms with Crippen LogP contribution in [0.3, 0.4) is 0 Å². The summed E-state index contributed by atoms with van der Waals surface area (Å²) in [5, 5.41) is 0. The molecule has 0 saturated heterocycles. The summed E-state index contributed by atoms with van der Waals surface area (Å²) in [6, 6.07) is 25.7. The lowest BCUT2D eigenvalue weighted by molar-refractivity contribution is -0.0161. The van der Waals surface area contributed by atoms with Crippen LogP contribution in [0, 0.1) is 48.3 Å². The van der Waals surface area contributed by atoms with Crippen LogP contribution in [-0.4, -0.2) is 19.3 Å². The van der Waals surface area contributed by atoms with Gasteiger partial charge in [-0.15, -0.1) is 0 Å². The second-order valence-corrected chi connectivity index (χ2v) is 19.7. The fourth-order valence-corrected chi connectivity index (χ4v) is 10.4. The SMILES string of the molecule is CC1CCC(C=CC2CCC(C3CCC(OCC4CCC(C)CC4)CC3)CC2)CC1.CCCCCCCOc1ccc(C=Cc2ccc(-c3ccc(C)cc3)cc2)cc1. The van der Waals surface area contributed by atoms with E-state index >= 15 is 0 Å². The molecule has 4 aliphatic rings. The van der Waals surface area contributed by atoms with Crippen LogP contribution in [0.25, 0.3) is 23.3 Å². The van der Waals surface area contributed by atoms with Gasteiger partial charge in [-0.25, -0.2) is 0 Å². The molecular formula is C57H82O2. The van der Waals surface area contributed by atoms with Crippen molar-refractivity contribution >= 4 is 12.2 Å². The summed E-state index contributed by atoms with van der Waals surface area (Å²) in [6.07, 6.45) is 39.4. The lowest BCUT2D eigenvalue weighted by Gasteiger charge is -2.38. The Labute approximate surface area is 362 Å². The highest BCUT2D eigenvalue weighted by Crippen LogP contribution is 2.41. The van der Waals surface area contributed by atoms with Crippen molar-refractivity contribution in [3.63, 3.8) is 0 Å². The highest BCUT2D eigenvalue weighted by Gasteiger charge is 2.31. The average Bonchev–Trinajstić information content (AvgIpc) is 3.28. The fourth-order valence-electron chi connectivity index (χ4n) is 10.4.